The third-order valence-electron chi connectivity index (χ3n) is 3.70. The number of hydrogen-bond donors (Lipinski definition) is 2. The Hall–Kier alpha value is -1.07. The molecule has 2 N–H and O–H groups in total. The van der Waals surface area contributed by atoms with Gasteiger partial charge in [0.25, 0.3) is 0 Å². The van der Waals surface area contributed by atoms with Gasteiger partial charge in [0.05, 0.1) is 11.9 Å². The molecule has 110 valence electrons. The maximum atomic E-state index is 11.7. The second kappa shape index (κ2) is 8.27. The second-order valence-corrected chi connectivity index (χ2v) is 6.25. The number of aromatic nitrogens is 1. The molecule has 0 aromatic carbocycles. The van der Waals surface area contributed by atoms with Crippen molar-refractivity contribution < 1.29 is 9.90 Å². The number of pyridine rings is 1. The summed E-state index contributed by atoms with van der Waals surface area (Å²) >= 11 is 1.58. The lowest BCUT2D eigenvalue weighted by atomic mass is 10.0. The van der Waals surface area contributed by atoms with Crippen LogP contribution < -0.4 is 5.32 Å². The van der Waals surface area contributed by atoms with E-state index >= 15 is 0 Å². The molecule has 1 saturated carbocycles. The van der Waals surface area contributed by atoms with Crippen LogP contribution in [0.4, 0.5) is 0 Å². The van der Waals surface area contributed by atoms with Gasteiger partial charge in [-0.15, -0.1) is 11.8 Å². The number of nitrogens with one attached hydrogen (secondary N) is 1. The maximum absolute atomic E-state index is 11.7. The zero-order valence-corrected chi connectivity index (χ0v) is 12.4. The summed E-state index contributed by atoms with van der Waals surface area (Å²) in [6.07, 6.45) is 7.73. The van der Waals surface area contributed by atoms with Gasteiger partial charge in [-0.2, -0.15) is 0 Å². The van der Waals surface area contributed by atoms with Crippen molar-refractivity contribution in [2.24, 2.45) is 5.92 Å². The Balaban J connectivity index is 1.58. The third-order valence-corrected chi connectivity index (χ3v) is 4.71. The van der Waals surface area contributed by atoms with Gasteiger partial charge >= 0.3 is 0 Å². The Kier molecular flexibility index (Phi) is 6.33. The predicted molar refractivity (Wildman–Crippen MR) is 81.4 cm³/mol. The number of thioether (sulfide) groups is 1. The van der Waals surface area contributed by atoms with Crippen LogP contribution in [-0.4, -0.2) is 34.4 Å². The molecule has 1 aliphatic rings. The van der Waals surface area contributed by atoms with E-state index in [9.17, 15) is 9.90 Å². The van der Waals surface area contributed by atoms with Crippen molar-refractivity contribution in [3.05, 3.63) is 30.1 Å². The van der Waals surface area contributed by atoms with Gasteiger partial charge < -0.3 is 10.4 Å². The summed E-state index contributed by atoms with van der Waals surface area (Å²) < 4.78 is 0. The van der Waals surface area contributed by atoms with Crippen LogP contribution >= 0.6 is 11.8 Å². The molecule has 1 amide bonds. The van der Waals surface area contributed by atoms with Crippen molar-refractivity contribution in [2.45, 2.75) is 37.5 Å². The number of nitrogens with zero attached hydrogens (tertiary/aromatic N) is 1. The van der Waals surface area contributed by atoms with Crippen LogP contribution in [-0.2, 0) is 10.5 Å². The van der Waals surface area contributed by atoms with Crippen LogP contribution in [0.2, 0.25) is 0 Å². The second-order valence-electron chi connectivity index (χ2n) is 5.26. The topological polar surface area (TPSA) is 62.2 Å². The Morgan fingerprint density at radius 2 is 2.10 bits per heavy atom. The number of carbonyl (C=O) groups excluding carboxylic acids is 1. The van der Waals surface area contributed by atoms with Crippen molar-refractivity contribution in [1.82, 2.24) is 10.3 Å². The van der Waals surface area contributed by atoms with Crippen molar-refractivity contribution in [3.8, 4) is 0 Å². The lowest BCUT2D eigenvalue weighted by Gasteiger charge is -2.17. The molecule has 0 radical (unpaired) electrons. The normalized spacial score (nSPS) is 17.1. The molecular formula is C15H22N2O2S. The van der Waals surface area contributed by atoms with E-state index in [1.165, 1.54) is 18.4 Å². The minimum atomic E-state index is -0.383. The molecule has 20 heavy (non-hydrogen) atoms. The quantitative estimate of drug-likeness (QED) is 0.807. The summed E-state index contributed by atoms with van der Waals surface area (Å²) in [5.74, 6) is 1.61. The van der Waals surface area contributed by atoms with Crippen molar-refractivity contribution >= 4 is 17.7 Å². The zero-order valence-electron chi connectivity index (χ0n) is 11.6. The fraction of sp³-hybridized carbons (Fsp3) is 0.600. The molecule has 1 aromatic rings. The van der Waals surface area contributed by atoms with Crippen LogP contribution in [0, 0.1) is 5.92 Å². The Morgan fingerprint density at radius 1 is 1.40 bits per heavy atom. The number of aliphatic hydroxyl groups excluding tert-OH is 1. The lowest BCUT2D eigenvalue weighted by Crippen LogP contribution is -2.36. The van der Waals surface area contributed by atoms with Crippen LogP contribution in [0.5, 0.6) is 0 Å². The van der Waals surface area contributed by atoms with Crippen molar-refractivity contribution in [3.63, 3.8) is 0 Å². The number of rotatable bonds is 7. The number of carbonyl (C=O) groups is 1. The van der Waals surface area contributed by atoms with Gasteiger partial charge in [0.15, 0.2) is 0 Å². The Morgan fingerprint density at radius 3 is 2.80 bits per heavy atom. The molecule has 0 bridgehead atoms. The highest BCUT2D eigenvalue weighted by atomic mass is 32.2. The first kappa shape index (κ1) is 15.3. The van der Waals surface area contributed by atoms with Crippen molar-refractivity contribution in [1.29, 1.82) is 0 Å². The van der Waals surface area contributed by atoms with E-state index < -0.39 is 0 Å². The van der Waals surface area contributed by atoms with E-state index in [-0.39, 0.29) is 12.0 Å². The van der Waals surface area contributed by atoms with Gasteiger partial charge in [0.2, 0.25) is 5.91 Å². The van der Waals surface area contributed by atoms with Gasteiger partial charge in [-0.3, -0.25) is 9.78 Å². The first-order chi connectivity index (χ1) is 9.75. The fourth-order valence-electron chi connectivity index (χ4n) is 2.52. The van der Waals surface area contributed by atoms with E-state index in [0.29, 0.717) is 18.2 Å². The molecule has 1 aromatic heterocycles. The molecule has 0 saturated heterocycles. The largest absolute Gasteiger partial charge is 0.391 e. The fourth-order valence-corrected chi connectivity index (χ4v) is 3.34. The van der Waals surface area contributed by atoms with Crippen molar-refractivity contribution in [2.75, 3.05) is 12.3 Å². The van der Waals surface area contributed by atoms with E-state index in [0.717, 1.165) is 18.6 Å². The summed E-state index contributed by atoms with van der Waals surface area (Å²) in [7, 11) is 0. The average molecular weight is 294 g/mol. The van der Waals surface area contributed by atoms with Crippen LogP contribution in [0.25, 0.3) is 0 Å². The highest BCUT2D eigenvalue weighted by molar-refractivity contribution is 7.99. The standard InChI is InChI=1S/C15H22N2O2S/c18-14(13-3-1-2-4-13)9-17-15(19)11-20-10-12-5-7-16-8-6-12/h5-8,13-14,18H,1-4,9-11H2,(H,17,19). The van der Waals surface area contributed by atoms with E-state index in [1.54, 1.807) is 24.2 Å². The molecule has 4 nitrogen and oxygen atoms in total. The van der Waals surface area contributed by atoms with Gasteiger partial charge in [-0.25, -0.2) is 0 Å². The summed E-state index contributed by atoms with van der Waals surface area (Å²) in [5, 5.41) is 12.8. The minimum Gasteiger partial charge on any atom is -0.391 e. The monoisotopic (exact) mass is 294 g/mol. The Labute approximate surface area is 124 Å². The average Bonchev–Trinajstić information content (AvgIpc) is 3.00. The highest BCUT2D eigenvalue weighted by Gasteiger charge is 2.23. The number of amides is 1. The predicted octanol–water partition coefficient (Wildman–Crippen LogP) is 1.98. The van der Waals surface area contributed by atoms with Gasteiger partial charge in [-0.1, -0.05) is 12.8 Å². The van der Waals surface area contributed by atoms with Crippen LogP contribution in [0.3, 0.4) is 0 Å². The smallest absolute Gasteiger partial charge is 0.230 e. The third kappa shape index (κ3) is 5.13. The lowest BCUT2D eigenvalue weighted by molar-refractivity contribution is -0.119. The molecule has 1 atom stereocenters. The summed E-state index contributed by atoms with van der Waals surface area (Å²) in [6, 6.07) is 3.91. The molecule has 2 rings (SSSR count). The molecule has 1 fully saturated rings. The molecule has 1 heterocycles. The molecular weight excluding hydrogens is 272 g/mol. The molecule has 1 unspecified atom stereocenters. The zero-order chi connectivity index (χ0) is 14.2. The van der Waals surface area contributed by atoms with E-state index in [2.05, 4.69) is 10.3 Å². The molecule has 0 aliphatic heterocycles. The minimum absolute atomic E-state index is 0.00102. The van der Waals surface area contributed by atoms with Crippen LogP contribution in [0.1, 0.15) is 31.2 Å². The highest BCUT2D eigenvalue weighted by Crippen LogP contribution is 2.27. The first-order valence-corrected chi connectivity index (χ1v) is 8.32. The Bertz CT molecular complexity index is 408. The van der Waals surface area contributed by atoms with Gasteiger partial charge in [0, 0.05) is 24.7 Å². The van der Waals surface area contributed by atoms with Crippen LogP contribution in [0.15, 0.2) is 24.5 Å². The SMILES string of the molecule is O=C(CSCc1ccncc1)NCC(O)C1CCCC1. The van der Waals surface area contributed by atoms with Gasteiger partial charge in [0.1, 0.15) is 0 Å². The summed E-state index contributed by atoms with van der Waals surface area (Å²) in [4.78, 5) is 15.7. The van der Waals surface area contributed by atoms with Gasteiger partial charge in [-0.05, 0) is 36.5 Å². The summed E-state index contributed by atoms with van der Waals surface area (Å²) in [5.41, 5.74) is 1.17. The first-order valence-electron chi connectivity index (χ1n) is 7.17. The van der Waals surface area contributed by atoms with E-state index in [1.807, 2.05) is 12.1 Å². The molecule has 5 heteroatoms. The number of hydrogen-bond acceptors (Lipinski definition) is 4. The summed E-state index contributed by atoms with van der Waals surface area (Å²) in [6.45, 7) is 0.388. The molecule has 1 aliphatic carbocycles. The maximum Gasteiger partial charge on any atom is 0.230 e. The van der Waals surface area contributed by atoms with E-state index in [4.69, 9.17) is 0 Å². The number of aliphatic hydroxyl groups is 1. The molecule has 0 spiro atoms.